The SMILES string of the molecule is CCc1ccccc1OCCN1CC[C@@H](n2nc(C)cc2C)C1. The molecule has 1 aromatic heterocycles. The van der Waals surface area contributed by atoms with Gasteiger partial charge in [0.25, 0.3) is 0 Å². The topological polar surface area (TPSA) is 30.3 Å². The van der Waals surface area contributed by atoms with Crippen LogP contribution in [-0.4, -0.2) is 40.9 Å². The number of likely N-dealkylation sites (tertiary alicyclic amines) is 1. The Labute approximate surface area is 139 Å². The van der Waals surface area contributed by atoms with E-state index in [1.165, 1.54) is 17.7 Å². The molecule has 0 amide bonds. The molecule has 4 heteroatoms. The summed E-state index contributed by atoms with van der Waals surface area (Å²) in [6.07, 6.45) is 2.19. The van der Waals surface area contributed by atoms with E-state index in [2.05, 4.69) is 59.7 Å². The summed E-state index contributed by atoms with van der Waals surface area (Å²) in [6, 6.07) is 11.0. The van der Waals surface area contributed by atoms with Gasteiger partial charge in [0.05, 0.1) is 11.7 Å². The van der Waals surface area contributed by atoms with Crippen molar-refractivity contribution in [1.82, 2.24) is 14.7 Å². The molecule has 2 heterocycles. The second-order valence-electron chi connectivity index (χ2n) is 6.42. The number of hydrogen-bond acceptors (Lipinski definition) is 3. The predicted molar refractivity (Wildman–Crippen MR) is 93.1 cm³/mol. The Kier molecular flexibility index (Phi) is 5.01. The van der Waals surface area contributed by atoms with Gasteiger partial charge in [-0.15, -0.1) is 0 Å². The highest BCUT2D eigenvalue weighted by atomic mass is 16.5. The number of para-hydroxylation sites is 1. The number of benzene rings is 1. The summed E-state index contributed by atoms with van der Waals surface area (Å²) >= 11 is 0. The largest absolute Gasteiger partial charge is 0.492 e. The Morgan fingerprint density at radius 1 is 1.26 bits per heavy atom. The van der Waals surface area contributed by atoms with Crippen LogP contribution in [0.3, 0.4) is 0 Å². The van der Waals surface area contributed by atoms with E-state index < -0.39 is 0 Å². The van der Waals surface area contributed by atoms with Gasteiger partial charge in [-0.05, 0) is 44.4 Å². The normalized spacial score (nSPS) is 18.5. The van der Waals surface area contributed by atoms with Crippen molar-refractivity contribution in [3.8, 4) is 5.75 Å². The molecule has 1 aliphatic heterocycles. The predicted octanol–water partition coefficient (Wildman–Crippen LogP) is 3.39. The average molecular weight is 313 g/mol. The number of aromatic nitrogens is 2. The first-order chi connectivity index (χ1) is 11.2. The first-order valence-electron chi connectivity index (χ1n) is 8.63. The average Bonchev–Trinajstić information content (AvgIpc) is 3.14. The number of rotatable bonds is 6. The maximum absolute atomic E-state index is 5.99. The highest BCUT2D eigenvalue weighted by Gasteiger charge is 2.25. The molecule has 23 heavy (non-hydrogen) atoms. The minimum absolute atomic E-state index is 0.506. The summed E-state index contributed by atoms with van der Waals surface area (Å²) in [7, 11) is 0. The van der Waals surface area contributed by atoms with E-state index in [1.54, 1.807) is 0 Å². The Morgan fingerprint density at radius 2 is 2.09 bits per heavy atom. The van der Waals surface area contributed by atoms with E-state index in [0.29, 0.717) is 6.04 Å². The van der Waals surface area contributed by atoms with E-state index in [-0.39, 0.29) is 0 Å². The highest BCUT2D eigenvalue weighted by Crippen LogP contribution is 2.23. The van der Waals surface area contributed by atoms with Gasteiger partial charge in [0, 0.05) is 25.3 Å². The second kappa shape index (κ2) is 7.18. The van der Waals surface area contributed by atoms with Crippen LogP contribution in [0.5, 0.6) is 5.75 Å². The van der Waals surface area contributed by atoms with E-state index in [4.69, 9.17) is 4.74 Å². The van der Waals surface area contributed by atoms with Crippen LogP contribution in [0.1, 0.15) is 36.3 Å². The van der Waals surface area contributed by atoms with Gasteiger partial charge in [-0.2, -0.15) is 5.10 Å². The molecule has 0 unspecified atom stereocenters. The number of aryl methyl sites for hydroxylation is 3. The molecule has 0 spiro atoms. The Morgan fingerprint density at radius 3 is 2.83 bits per heavy atom. The summed E-state index contributed by atoms with van der Waals surface area (Å²) in [6.45, 7) is 10.3. The summed E-state index contributed by atoms with van der Waals surface area (Å²) in [5.41, 5.74) is 3.66. The zero-order chi connectivity index (χ0) is 16.2. The molecule has 2 aromatic rings. The Balaban J connectivity index is 1.50. The molecule has 1 aliphatic rings. The molecule has 1 atom stereocenters. The van der Waals surface area contributed by atoms with Gasteiger partial charge in [0.2, 0.25) is 0 Å². The van der Waals surface area contributed by atoms with Crippen LogP contribution in [0.4, 0.5) is 0 Å². The molecule has 0 aliphatic carbocycles. The Bertz CT molecular complexity index is 650. The molecule has 0 N–H and O–H groups in total. The van der Waals surface area contributed by atoms with E-state index in [0.717, 1.165) is 44.1 Å². The van der Waals surface area contributed by atoms with Gasteiger partial charge in [-0.25, -0.2) is 0 Å². The fraction of sp³-hybridized carbons (Fsp3) is 0.526. The Hall–Kier alpha value is -1.81. The lowest BCUT2D eigenvalue weighted by atomic mass is 10.1. The maximum Gasteiger partial charge on any atom is 0.122 e. The van der Waals surface area contributed by atoms with Gasteiger partial charge in [0.15, 0.2) is 0 Å². The van der Waals surface area contributed by atoms with Crippen molar-refractivity contribution in [2.24, 2.45) is 0 Å². The van der Waals surface area contributed by atoms with Gasteiger partial charge in [-0.3, -0.25) is 9.58 Å². The third kappa shape index (κ3) is 3.75. The summed E-state index contributed by atoms with van der Waals surface area (Å²) in [5.74, 6) is 1.03. The van der Waals surface area contributed by atoms with Crippen molar-refractivity contribution in [1.29, 1.82) is 0 Å². The van der Waals surface area contributed by atoms with Crippen molar-refractivity contribution >= 4 is 0 Å². The van der Waals surface area contributed by atoms with Crippen molar-refractivity contribution in [3.63, 3.8) is 0 Å². The standard InChI is InChI=1S/C19H27N3O/c1-4-17-7-5-6-8-19(17)23-12-11-21-10-9-18(14-21)22-16(3)13-15(2)20-22/h5-8,13,18H,4,9-12,14H2,1-3H3/t18-/m1/s1. The lowest BCUT2D eigenvalue weighted by Crippen LogP contribution is -2.27. The summed E-state index contributed by atoms with van der Waals surface area (Å²) < 4.78 is 8.19. The lowest BCUT2D eigenvalue weighted by molar-refractivity contribution is 0.230. The first kappa shape index (κ1) is 16.1. The quantitative estimate of drug-likeness (QED) is 0.819. The molecule has 3 rings (SSSR count). The summed E-state index contributed by atoms with van der Waals surface area (Å²) in [5, 5.41) is 4.64. The second-order valence-corrected chi connectivity index (χ2v) is 6.42. The molecule has 1 saturated heterocycles. The molecule has 0 radical (unpaired) electrons. The van der Waals surface area contributed by atoms with Crippen LogP contribution < -0.4 is 4.74 Å². The lowest BCUT2D eigenvalue weighted by Gasteiger charge is -2.18. The van der Waals surface area contributed by atoms with E-state index in [1.807, 2.05) is 6.07 Å². The molecule has 0 saturated carbocycles. The van der Waals surface area contributed by atoms with Gasteiger partial charge in [-0.1, -0.05) is 25.1 Å². The van der Waals surface area contributed by atoms with Gasteiger partial charge >= 0.3 is 0 Å². The fourth-order valence-electron chi connectivity index (χ4n) is 3.45. The maximum atomic E-state index is 5.99. The molecule has 124 valence electrons. The smallest absolute Gasteiger partial charge is 0.122 e. The number of nitrogens with zero attached hydrogens (tertiary/aromatic N) is 3. The van der Waals surface area contributed by atoms with Crippen LogP contribution in [0.25, 0.3) is 0 Å². The molecular weight excluding hydrogens is 286 g/mol. The number of hydrogen-bond donors (Lipinski definition) is 0. The minimum Gasteiger partial charge on any atom is -0.492 e. The van der Waals surface area contributed by atoms with Crippen LogP contribution in [0.15, 0.2) is 30.3 Å². The molecule has 4 nitrogen and oxygen atoms in total. The third-order valence-corrected chi connectivity index (χ3v) is 4.66. The van der Waals surface area contributed by atoms with Gasteiger partial charge < -0.3 is 4.74 Å². The van der Waals surface area contributed by atoms with E-state index >= 15 is 0 Å². The first-order valence-corrected chi connectivity index (χ1v) is 8.63. The van der Waals surface area contributed by atoms with Crippen LogP contribution >= 0.6 is 0 Å². The van der Waals surface area contributed by atoms with E-state index in [9.17, 15) is 0 Å². The third-order valence-electron chi connectivity index (χ3n) is 4.66. The zero-order valence-electron chi connectivity index (χ0n) is 14.5. The van der Waals surface area contributed by atoms with Crippen LogP contribution in [0.2, 0.25) is 0 Å². The molecular formula is C19H27N3O. The molecule has 1 fully saturated rings. The number of ether oxygens (including phenoxy) is 1. The highest BCUT2D eigenvalue weighted by molar-refractivity contribution is 5.33. The van der Waals surface area contributed by atoms with Crippen molar-refractivity contribution in [3.05, 3.63) is 47.3 Å². The fourth-order valence-corrected chi connectivity index (χ4v) is 3.45. The van der Waals surface area contributed by atoms with Crippen molar-refractivity contribution in [2.45, 2.75) is 39.7 Å². The summed E-state index contributed by atoms with van der Waals surface area (Å²) in [4.78, 5) is 2.48. The van der Waals surface area contributed by atoms with Crippen molar-refractivity contribution < 1.29 is 4.74 Å². The van der Waals surface area contributed by atoms with Crippen LogP contribution in [0, 0.1) is 13.8 Å². The van der Waals surface area contributed by atoms with Crippen LogP contribution in [-0.2, 0) is 6.42 Å². The molecule has 0 bridgehead atoms. The molecule has 1 aromatic carbocycles. The zero-order valence-corrected chi connectivity index (χ0v) is 14.5. The minimum atomic E-state index is 0.506. The monoisotopic (exact) mass is 313 g/mol. The van der Waals surface area contributed by atoms with Gasteiger partial charge in [0.1, 0.15) is 12.4 Å². The van der Waals surface area contributed by atoms with Crippen molar-refractivity contribution in [2.75, 3.05) is 26.2 Å².